The van der Waals surface area contributed by atoms with E-state index in [1.165, 1.54) is 52.2 Å². The van der Waals surface area contributed by atoms with Gasteiger partial charge in [-0.25, -0.2) is 0 Å². The van der Waals surface area contributed by atoms with Crippen LogP contribution in [0.5, 0.6) is 0 Å². The van der Waals surface area contributed by atoms with Crippen LogP contribution in [0.4, 0.5) is 5.69 Å². The fourth-order valence-corrected chi connectivity index (χ4v) is 6.70. The van der Waals surface area contributed by atoms with E-state index in [-0.39, 0.29) is 15.2 Å². The maximum atomic E-state index is 10.5. The molecule has 0 fully saturated rings. The highest BCUT2D eigenvalue weighted by Crippen LogP contribution is 2.37. The second-order valence-electron chi connectivity index (χ2n) is 12.5. The van der Waals surface area contributed by atoms with Crippen LogP contribution in [0.25, 0.3) is 5.57 Å². The monoisotopic (exact) mass is 745 g/mol. The molecule has 4 aromatic carbocycles. The Kier molecular flexibility index (Phi) is 15.7. The molecule has 0 spiro atoms. The van der Waals surface area contributed by atoms with E-state index in [0.717, 1.165) is 37.1 Å². The van der Waals surface area contributed by atoms with Crippen LogP contribution in [0.3, 0.4) is 0 Å². The average molecular weight is 746 g/mol. The van der Waals surface area contributed by atoms with Gasteiger partial charge in [-0.1, -0.05) is 102 Å². The number of nitrogens with two attached hydrogens (primary N) is 2. The zero-order chi connectivity index (χ0) is 38.4. The fourth-order valence-electron chi connectivity index (χ4n) is 5.74. The minimum atomic E-state index is -4.02. The van der Waals surface area contributed by atoms with Gasteiger partial charge in [0, 0.05) is 24.2 Å². The van der Waals surface area contributed by atoms with E-state index in [1.54, 1.807) is 24.3 Å². The molecule has 52 heavy (non-hydrogen) atoms. The van der Waals surface area contributed by atoms with E-state index in [2.05, 4.69) is 97.6 Å². The Hall–Kier alpha value is -4.36. The summed E-state index contributed by atoms with van der Waals surface area (Å²) in [6, 6.07) is 31.6. The van der Waals surface area contributed by atoms with Gasteiger partial charge in [0.1, 0.15) is 0 Å². The van der Waals surface area contributed by atoms with Crippen molar-refractivity contribution in [2.24, 2.45) is 16.9 Å². The molecule has 0 atom stereocenters. The summed E-state index contributed by atoms with van der Waals surface area (Å²) < 4.78 is 59.1. The molecule has 0 saturated heterocycles. The Morgan fingerprint density at radius 2 is 1.02 bits per heavy atom. The van der Waals surface area contributed by atoms with E-state index in [4.69, 9.17) is 20.6 Å². The maximum Gasteiger partial charge on any atom is 0.294 e. The molecule has 0 saturated carbocycles. The summed E-state index contributed by atoms with van der Waals surface area (Å²) >= 11 is 0. The Labute approximate surface area is 309 Å². The van der Waals surface area contributed by atoms with Crippen molar-refractivity contribution in [1.82, 2.24) is 0 Å². The molecule has 0 unspecified atom stereocenters. The summed E-state index contributed by atoms with van der Waals surface area (Å²) in [5.41, 5.74) is 19.9. The Balaban J connectivity index is 0.000000269. The van der Waals surface area contributed by atoms with Gasteiger partial charge in [0.2, 0.25) is 0 Å². The fraction of sp³-hybridized carbons (Fsp3) is 0.268. The number of benzene rings is 4. The second kappa shape index (κ2) is 19.5. The number of anilines is 1. The third kappa shape index (κ3) is 12.4. The number of aryl methyl sites for hydroxylation is 2. The van der Waals surface area contributed by atoms with E-state index in [0.29, 0.717) is 13.1 Å². The van der Waals surface area contributed by atoms with Gasteiger partial charge in [-0.05, 0) is 112 Å². The third-order valence-electron chi connectivity index (χ3n) is 8.68. The SMILES string of the molecule is CCN(CC)c1ccc(C(=C2C=CC(CCN)(CCN)C=C2)c2ccccc2)cc1.Cc1ccc(S(=O)(=O)O)cc1.Cc1ccc(S(=O)(=O)O)cc1. The van der Waals surface area contributed by atoms with Crippen molar-refractivity contribution < 1.29 is 25.9 Å². The summed E-state index contributed by atoms with van der Waals surface area (Å²) in [5.74, 6) is 0. The van der Waals surface area contributed by atoms with Crippen LogP contribution in [-0.4, -0.2) is 52.1 Å². The molecule has 1 aliphatic carbocycles. The van der Waals surface area contributed by atoms with Crippen LogP contribution >= 0.6 is 0 Å². The molecule has 0 radical (unpaired) electrons. The second-order valence-corrected chi connectivity index (χ2v) is 15.3. The standard InChI is InChI=1S/C27H35N3.2C7H8O3S/c1-3-30(4-2)25-12-10-23(11-13-25)26(22-8-6-5-7-9-22)24-14-16-27(17-15-24,18-20-28)19-21-29;2*1-6-2-4-7(5-3-6)11(8,9)10/h5-17H,3-4,18-21,28-29H2,1-2H3;2*2-5H,1H3,(H,8,9,10). The first kappa shape index (κ1) is 42.1. The predicted molar refractivity (Wildman–Crippen MR) is 213 cm³/mol. The number of rotatable bonds is 11. The van der Waals surface area contributed by atoms with E-state index < -0.39 is 20.2 Å². The lowest BCUT2D eigenvalue weighted by molar-refractivity contribution is 0.424. The van der Waals surface area contributed by atoms with Gasteiger partial charge in [0.05, 0.1) is 9.79 Å². The van der Waals surface area contributed by atoms with Crippen molar-refractivity contribution in [2.45, 2.75) is 50.3 Å². The predicted octanol–water partition coefficient (Wildman–Crippen LogP) is 7.63. The topological polar surface area (TPSA) is 164 Å². The van der Waals surface area contributed by atoms with Crippen LogP contribution in [0.1, 0.15) is 48.9 Å². The molecule has 0 aromatic heterocycles. The lowest BCUT2D eigenvalue weighted by Gasteiger charge is -2.29. The maximum absolute atomic E-state index is 10.5. The van der Waals surface area contributed by atoms with Crippen molar-refractivity contribution in [3.8, 4) is 0 Å². The highest BCUT2D eigenvalue weighted by atomic mass is 32.2. The van der Waals surface area contributed by atoms with Crippen molar-refractivity contribution in [1.29, 1.82) is 0 Å². The first-order valence-corrected chi connectivity index (χ1v) is 20.1. The average Bonchev–Trinajstić information content (AvgIpc) is 3.11. The zero-order valence-electron chi connectivity index (χ0n) is 30.3. The van der Waals surface area contributed by atoms with Crippen LogP contribution in [0, 0.1) is 19.3 Å². The summed E-state index contributed by atoms with van der Waals surface area (Å²) in [6.45, 7) is 11.4. The molecule has 6 N–H and O–H groups in total. The zero-order valence-corrected chi connectivity index (χ0v) is 31.9. The van der Waals surface area contributed by atoms with Gasteiger partial charge in [-0.15, -0.1) is 0 Å². The molecule has 278 valence electrons. The van der Waals surface area contributed by atoms with Gasteiger partial charge < -0.3 is 16.4 Å². The van der Waals surface area contributed by atoms with Gasteiger partial charge in [-0.2, -0.15) is 16.8 Å². The lowest BCUT2D eigenvalue weighted by atomic mass is 9.76. The molecule has 4 aromatic rings. The Morgan fingerprint density at radius 1 is 0.615 bits per heavy atom. The molecule has 9 nitrogen and oxygen atoms in total. The molecule has 5 rings (SSSR count). The van der Waals surface area contributed by atoms with Crippen molar-refractivity contribution in [3.63, 3.8) is 0 Å². The summed E-state index contributed by atoms with van der Waals surface area (Å²) in [7, 11) is -8.04. The first-order chi connectivity index (χ1) is 24.7. The van der Waals surface area contributed by atoms with Crippen LogP contribution in [0.15, 0.2) is 143 Å². The molecular formula is C41H51N3O6S2. The number of hydrogen-bond donors (Lipinski definition) is 4. The summed E-state index contributed by atoms with van der Waals surface area (Å²) in [5, 5.41) is 0. The molecule has 0 amide bonds. The first-order valence-electron chi connectivity index (χ1n) is 17.2. The number of hydrogen-bond acceptors (Lipinski definition) is 7. The minimum Gasteiger partial charge on any atom is -0.372 e. The van der Waals surface area contributed by atoms with E-state index >= 15 is 0 Å². The van der Waals surface area contributed by atoms with Crippen molar-refractivity contribution in [3.05, 3.63) is 155 Å². The van der Waals surface area contributed by atoms with Crippen molar-refractivity contribution >= 4 is 31.5 Å². The van der Waals surface area contributed by atoms with Gasteiger partial charge in [0.25, 0.3) is 20.2 Å². The number of nitrogens with zero attached hydrogens (tertiary/aromatic N) is 1. The van der Waals surface area contributed by atoms with Gasteiger partial charge in [0.15, 0.2) is 0 Å². The van der Waals surface area contributed by atoms with Crippen LogP contribution in [0.2, 0.25) is 0 Å². The largest absolute Gasteiger partial charge is 0.372 e. The van der Waals surface area contributed by atoms with Crippen LogP contribution in [-0.2, 0) is 20.2 Å². The Morgan fingerprint density at radius 3 is 1.38 bits per heavy atom. The highest BCUT2D eigenvalue weighted by molar-refractivity contribution is 7.86. The lowest BCUT2D eigenvalue weighted by Crippen LogP contribution is -2.24. The van der Waals surface area contributed by atoms with E-state index in [1.807, 2.05) is 13.8 Å². The van der Waals surface area contributed by atoms with Gasteiger partial charge >= 0.3 is 0 Å². The smallest absolute Gasteiger partial charge is 0.294 e. The Bertz CT molecular complexity index is 1920. The highest BCUT2D eigenvalue weighted by Gasteiger charge is 2.25. The normalized spacial score (nSPS) is 13.3. The summed E-state index contributed by atoms with van der Waals surface area (Å²) in [6.07, 6.45) is 11.0. The summed E-state index contributed by atoms with van der Waals surface area (Å²) in [4.78, 5) is 2.24. The van der Waals surface area contributed by atoms with Crippen LogP contribution < -0.4 is 16.4 Å². The quantitative estimate of drug-likeness (QED) is 0.113. The van der Waals surface area contributed by atoms with Gasteiger partial charge in [-0.3, -0.25) is 9.11 Å². The molecule has 0 heterocycles. The molecule has 0 bridgehead atoms. The molecular weight excluding hydrogens is 695 g/mol. The third-order valence-corrected chi connectivity index (χ3v) is 10.4. The molecule has 0 aliphatic heterocycles. The molecule has 1 aliphatic rings. The van der Waals surface area contributed by atoms with Crippen molar-refractivity contribution in [2.75, 3.05) is 31.1 Å². The number of allylic oxidation sites excluding steroid dienone is 5. The minimum absolute atomic E-state index is 0.0264. The molecule has 11 heteroatoms. The van der Waals surface area contributed by atoms with E-state index in [9.17, 15) is 16.8 Å².